The SMILES string of the molecule is CC(C)ONC(=O)c1ccc(Br)nc1. The number of carbonyl (C=O) groups excluding carboxylic acids is 1. The van der Waals surface area contributed by atoms with E-state index in [9.17, 15) is 4.79 Å². The molecule has 0 aliphatic heterocycles. The van der Waals surface area contributed by atoms with Gasteiger partial charge in [0.25, 0.3) is 5.91 Å². The zero-order valence-corrected chi connectivity index (χ0v) is 9.54. The van der Waals surface area contributed by atoms with Crippen LogP contribution in [0.2, 0.25) is 0 Å². The Kier molecular flexibility index (Phi) is 4.03. The number of hydrogen-bond donors (Lipinski definition) is 1. The van der Waals surface area contributed by atoms with Gasteiger partial charge in [-0.3, -0.25) is 9.63 Å². The van der Waals surface area contributed by atoms with E-state index in [1.807, 2.05) is 13.8 Å². The van der Waals surface area contributed by atoms with E-state index < -0.39 is 0 Å². The lowest BCUT2D eigenvalue weighted by molar-refractivity contribution is 0.000164. The number of hydroxylamine groups is 1. The van der Waals surface area contributed by atoms with Gasteiger partial charge in [0.15, 0.2) is 0 Å². The number of hydrogen-bond acceptors (Lipinski definition) is 3. The molecule has 0 aromatic carbocycles. The molecule has 1 rings (SSSR count). The number of carbonyl (C=O) groups is 1. The molecular weight excluding hydrogens is 248 g/mol. The minimum Gasteiger partial charge on any atom is -0.271 e. The van der Waals surface area contributed by atoms with Gasteiger partial charge in [0.05, 0.1) is 11.7 Å². The number of rotatable bonds is 3. The van der Waals surface area contributed by atoms with Crippen LogP contribution in [0.4, 0.5) is 0 Å². The lowest BCUT2D eigenvalue weighted by Gasteiger charge is -2.07. The molecule has 1 aromatic rings. The number of nitrogens with zero attached hydrogens (tertiary/aromatic N) is 1. The summed E-state index contributed by atoms with van der Waals surface area (Å²) in [5.41, 5.74) is 2.79. The zero-order chi connectivity index (χ0) is 10.6. The Hall–Kier alpha value is -0.940. The second-order valence-electron chi connectivity index (χ2n) is 2.97. The van der Waals surface area contributed by atoms with Crippen molar-refractivity contribution in [3.8, 4) is 0 Å². The third-order valence-electron chi connectivity index (χ3n) is 1.38. The Morgan fingerprint density at radius 3 is 2.79 bits per heavy atom. The molecule has 0 aliphatic carbocycles. The molecular formula is C9H11BrN2O2. The normalized spacial score (nSPS) is 10.3. The van der Waals surface area contributed by atoms with Crippen LogP contribution in [-0.4, -0.2) is 17.0 Å². The molecule has 76 valence electrons. The molecule has 1 N–H and O–H groups in total. The summed E-state index contributed by atoms with van der Waals surface area (Å²) >= 11 is 3.18. The Balaban J connectivity index is 2.57. The molecule has 0 atom stereocenters. The predicted molar refractivity (Wildman–Crippen MR) is 55.6 cm³/mol. The molecule has 1 amide bonds. The Bertz CT molecular complexity index is 311. The minimum atomic E-state index is -0.293. The van der Waals surface area contributed by atoms with Crippen molar-refractivity contribution in [1.29, 1.82) is 0 Å². The highest BCUT2D eigenvalue weighted by molar-refractivity contribution is 9.10. The van der Waals surface area contributed by atoms with Gasteiger partial charge in [-0.1, -0.05) is 0 Å². The molecule has 0 saturated heterocycles. The van der Waals surface area contributed by atoms with E-state index >= 15 is 0 Å². The van der Waals surface area contributed by atoms with E-state index in [1.165, 1.54) is 6.20 Å². The quantitative estimate of drug-likeness (QED) is 0.666. The third kappa shape index (κ3) is 3.43. The average molecular weight is 259 g/mol. The fourth-order valence-corrected chi connectivity index (χ4v) is 0.975. The predicted octanol–water partition coefficient (Wildman–Crippen LogP) is 1.91. The number of halogens is 1. The van der Waals surface area contributed by atoms with Crippen molar-refractivity contribution in [3.05, 3.63) is 28.5 Å². The summed E-state index contributed by atoms with van der Waals surface area (Å²) in [5, 5.41) is 0. The molecule has 0 aliphatic rings. The maximum Gasteiger partial charge on any atom is 0.276 e. The summed E-state index contributed by atoms with van der Waals surface area (Å²) in [6.45, 7) is 3.67. The van der Waals surface area contributed by atoms with Gasteiger partial charge in [-0.05, 0) is 41.9 Å². The van der Waals surface area contributed by atoms with Crippen LogP contribution < -0.4 is 5.48 Å². The maximum absolute atomic E-state index is 11.4. The Morgan fingerprint density at radius 2 is 2.29 bits per heavy atom. The van der Waals surface area contributed by atoms with Gasteiger partial charge in [0, 0.05) is 6.20 Å². The number of aromatic nitrogens is 1. The molecule has 14 heavy (non-hydrogen) atoms. The molecule has 0 fully saturated rings. The van der Waals surface area contributed by atoms with Crippen LogP contribution in [0.25, 0.3) is 0 Å². The lowest BCUT2D eigenvalue weighted by Crippen LogP contribution is -2.26. The smallest absolute Gasteiger partial charge is 0.271 e. The Morgan fingerprint density at radius 1 is 1.57 bits per heavy atom. The first-order valence-corrected chi connectivity index (χ1v) is 4.96. The first-order valence-electron chi connectivity index (χ1n) is 4.17. The highest BCUT2D eigenvalue weighted by atomic mass is 79.9. The summed E-state index contributed by atoms with van der Waals surface area (Å²) in [7, 11) is 0. The van der Waals surface area contributed by atoms with Crippen LogP contribution in [0.15, 0.2) is 22.9 Å². The van der Waals surface area contributed by atoms with E-state index in [4.69, 9.17) is 4.84 Å². The highest BCUT2D eigenvalue weighted by Crippen LogP contribution is 2.06. The van der Waals surface area contributed by atoms with Crippen molar-refractivity contribution in [2.24, 2.45) is 0 Å². The molecule has 0 radical (unpaired) electrons. The fourth-order valence-electron chi connectivity index (χ4n) is 0.740. The molecule has 0 spiro atoms. The standard InChI is InChI=1S/C9H11BrN2O2/c1-6(2)14-12-9(13)7-3-4-8(10)11-5-7/h3-6H,1-2H3,(H,12,13). The second-order valence-corrected chi connectivity index (χ2v) is 3.78. The Labute approximate surface area is 90.8 Å². The van der Waals surface area contributed by atoms with Crippen molar-refractivity contribution in [3.63, 3.8) is 0 Å². The molecule has 0 bridgehead atoms. The molecule has 1 heterocycles. The van der Waals surface area contributed by atoms with Gasteiger partial charge in [-0.25, -0.2) is 10.5 Å². The number of amides is 1. The van der Waals surface area contributed by atoms with E-state index in [0.29, 0.717) is 10.2 Å². The van der Waals surface area contributed by atoms with Crippen molar-refractivity contribution < 1.29 is 9.63 Å². The van der Waals surface area contributed by atoms with Crippen LogP contribution in [0.3, 0.4) is 0 Å². The molecule has 5 heteroatoms. The van der Waals surface area contributed by atoms with Gasteiger partial charge in [-0.15, -0.1) is 0 Å². The van der Waals surface area contributed by atoms with Crippen LogP contribution in [0.1, 0.15) is 24.2 Å². The third-order valence-corrected chi connectivity index (χ3v) is 1.85. The van der Waals surface area contributed by atoms with Gasteiger partial charge >= 0.3 is 0 Å². The van der Waals surface area contributed by atoms with E-state index in [0.717, 1.165) is 0 Å². The number of pyridine rings is 1. The van der Waals surface area contributed by atoms with Crippen LogP contribution in [0.5, 0.6) is 0 Å². The summed E-state index contributed by atoms with van der Waals surface area (Å²) in [4.78, 5) is 20.2. The van der Waals surface area contributed by atoms with Gasteiger partial charge in [-0.2, -0.15) is 0 Å². The van der Waals surface area contributed by atoms with E-state index in [-0.39, 0.29) is 12.0 Å². The number of nitrogens with one attached hydrogen (secondary N) is 1. The maximum atomic E-state index is 11.4. The molecule has 1 aromatic heterocycles. The van der Waals surface area contributed by atoms with Gasteiger partial charge in [0.1, 0.15) is 4.60 Å². The van der Waals surface area contributed by atoms with Crippen molar-refractivity contribution >= 4 is 21.8 Å². The van der Waals surface area contributed by atoms with Gasteiger partial charge < -0.3 is 0 Å². The van der Waals surface area contributed by atoms with Crippen molar-refractivity contribution in [1.82, 2.24) is 10.5 Å². The zero-order valence-electron chi connectivity index (χ0n) is 7.95. The second kappa shape index (κ2) is 5.07. The van der Waals surface area contributed by atoms with Crippen LogP contribution in [0, 0.1) is 0 Å². The largest absolute Gasteiger partial charge is 0.276 e. The minimum absolute atomic E-state index is 0.0395. The molecule has 0 saturated carbocycles. The van der Waals surface area contributed by atoms with Crippen molar-refractivity contribution in [2.45, 2.75) is 20.0 Å². The fraction of sp³-hybridized carbons (Fsp3) is 0.333. The first kappa shape index (κ1) is 11.1. The monoisotopic (exact) mass is 258 g/mol. The highest BCUT2D eigenvalue weighted by Gasteiger charge is 2.06. The summed E-state index contributed by atoms with van der Waals surface area (Å²) in [5.74, 6) is -0.293. The van der Waals surface area contributed by atoms with Crippen LogP contribution >= 0.6 is 15.9 Å². The molecule has 0 unspecified atom stereocenters. The van der Waals surface area contributed by atoms with E-state index in [1.54, 1.807) is 12.1 Å². The van der Waals surface area contributed by atoms with E-state index in [2.05, 4.69) is 26.4 Å². The lowest BCUT2D eigenvalue weighted by atomic mass is 10.3. The summed E-state index contributed by atoms with van der Waals surface area (Å²) in [6, 6.07) is 3.36. The first-order chi connectivity index (χ1) is 6.59. The molecule has 4 nitrogen and oxygen atoms in total. The average Bonchev–Trinajstić information content (AvgIpc) is 2.15. The summed E-state index contributed by atoms with van der Waals surface area (Å²) in [6.07, 6.45) is 1.44. The van der Waals surface area contributed by atoms with Crippen LogP contribution in [-0.2, 0) is 4.84 Å². The van der Waals surface area contributed by atoms with Crippen molar-refractivity contribution in [2.75, 3.05) is 0 Å². The van der Waals surface area contributed by atoms with Gasteiger partial charge in [0.2, 0.25) is 0 Å². The topological polar surface area (TPSA) is 51.2 Å². The summed E-state index contributed by atoms with van der Waals surface area (Å²) < 4.78 is 0.693.